The monoisotopic (exact) mass is 272 g/mol. The van der Waals surface area contributed by atoms with Crippen molar-refractivity contribution in [1.82, 2.24) is 4.90 Å². The number of rotatable bonds is 5. The first-order chi connectivity index (χ1) is 8.47. The predicted molar refractivity (Wildman–Crippen MR) is 69.3 cm³/mol. The van der Waals surface area contributed by atoms with E-state index in [9.17, 15) is 13.6 Å². The van der Waals surface area contributed by atoms with Crippen LogP contribution in [0.15, 0.2) is 18.2 Å². The van der Waals surface area contributed by atoms with Gasteiger partial charge in [0.2, 0.25) is 0 Å². The Morgan fingerprint density at radius 3 is 2.39 bits per heavy atom. The van der Waals surface area contributed by atoms with Crippen LogP contribution < -0.4 is 5.73 Å². The van der Waals surface area contributed by atoms with Crippen molar-refractivity contribution >= 4 is 23.1 Å². The summed E-state index contributed by atoms with van der Waals surface area (Å²) >= 11 is 4.71. The highest BCUT2D eigenvalue weighted by Crippen LogP contribution is 2.14. The van der Waals surface area contributed by atoms with E-state index in [0.29, 0.717) is 13.0 Å². The number of hydrogen-bond acceptors (Lipinski definition) is 2. The molecule has 1 rings (SSSR count). The molecule has 0 aliphatic rings. The van der Waals surface area contributed by atoms with Crippen LogP contribution in [0.25, 0.3) is 0 Å². The van der Waals surface area contributed by atoms with E-state index in [0.717, 1.165) is 12.1 Å². The summed E-state index contributed by atoms with van der Waals surface area (Å²) < 4.78 is 26.9. The fourth-order valence-corrected chi connectivity index (χ4v) is 1.60. The number of carbonyl (C=O) groups excluding carboxylic acids is 1. The summed E-state index contributed by atoms with van der Waals surface area (Å²) in [5, 5.41) is 0. The molecule has 3 nitrogen and oxygen atoms in total. The van der Waals surface area contributed by atoms with E-state index in [4.69, 9.17) is 18.0 Å². The van der Waals surface area contributed by atoms with Crippen LogP contribution in [0.2, 0.25) is 0 Å². The molecule has 18 heavy (non-hydrogen) atoms. The minimum absolute atomic E-state index is 0.248. The maximum absolute atomic E-state index is 13.5. The second-order valence-corrected chi connectivity index (χ2v) is 4.22. The Kier molecular flexibility index (Phi) is 5.15. The zero-order valence-corrected chi connectivity index (χ0v) is 10.8. The molecule has 0 atom stereocenters. The van der Waals surface area contributed by atoms with Crippen molar-refractivity contribution in [3.63, 3.8) is 0 Å². The molecule has 0 heterocycles. The van der Waals surface area contributed by atoms with Crippen LogP contribution in [0.1, 0.15) is 23.7 Å². The average molecular weight is 272 g/mol. The van der Waals surface area contributed by atoms with E-state index >= 15 is 0 Å². The molecule has 2 N–H and O–H groups in total. The average Bonchev–Trinajstić information content (AvgIpc) is 2.29. The second-order valence-electron chi connectivity index (χ2n) is 3.70. The van der Waals surface area contributed by atoms with Crippen LogP contribution >= 0.6 is 12.2 Å². The van der Waals surface area contributed by atoms with Crippen LogP contribution in [0, 0.1) is 11.6 Å². The summed E-state index contributed by atoms with van der Waals surface area (Å²) in [5.41, 5.74) is 4.80. The van der Waals surface area contributed by atoms with Crippen LogP contribution in [0.4, 0.5) is 8.78 Å². The molecule has 6 heteroatoms. The zero-order chi connectivity index (χ0) is 13.7. The third-order valence-electron chi connectivity index (χ3n) is 2.47. The molecule has 0 saturated heterocycles. The number of thiocarbonyl (C=S) groups is 1. The van der Waals surface area contributed by atoms with E-state index in [1.807, 2.05) is 0 Å². The van der Waals surface area contributed by atoms with E-state index in [2.05, 4.69) is 0 Å². The van der Waals surface area contributed by atoms with Gasteiger partial charge in [-0.15, -0.1) is 0 Å². The number of carbonyl (C=O) groups is 1. The van der Waals surface area contributed by atoms with Crippen LogP contribution in [0.3, 0.4) is 0 Å². The molecular formula is C12H14F2N2OS. The van der Waals surface area contributed by atoms with E-state index in [1.54, 1.807) is 6.92 Å². The number of nitrogens with zero attached hydrogens (tertiary/aromatic N) is 1. The fourth-order valence-electron chi connectivity index (χ4n) is 1.51. The lowest BCUT2D eigenvalue weighted by Gasteiger charge is -2.21. The molecule has 0 unspecified atom stereocenters. The van der Waals surface area contributed by atoms with Crippen LogP contribution in [-0.2, 0) is 0 Å². The van der Waals surface area contributed by atoms with Gasteiger partial charge in [-0.2, -0.15) is 0 Å². The Hall–Kier alpha value is -1.56. The van der Waals surface area contributed by atoms with Gasteiger partial charge in [0.15, 0.2) is 0 Å². The van der Waals surface area contributed by atoms with Crippen molar-refractivity contribution in [3.05, 3.63) is 35.4 Å². The lowest BCUT2D eigenvalue weighted by atomic mass is 10.1. The first kappa shape index (κ1) is 14.5. The Morgan fingerprint density at radius 1 is 1.39 bits per heavy atom. The molecule has 1 aromatic carbocycles. The van der Waals surface area contributed by atoms with Crippen molar-refractivity contribution in [2.24, 2.45) is 5.73 Å². The number of benzene rings is 1. The lowest BCUT2D eigenvalue weighted by Crippen LogP contribution is -2.34. The molecule has 0 bridgehead atoms. The highest BCUT2D eigenvalue weighted by Gasteiger charge is 2.21. The first-order valence-electron chi connectivity index (χ1n) is 5.49. The highest BCUT2D eigenvalue weighted by molar-refractivity contribution is 7.80. The number of hydrogen-bond donors (Lipinski definition) is 1. The highest BCUT2D eigenvalue weighted by atomic mass is 32.1. The molecule has 0 spiro atoms. The Balaban J connectivity index is 2.93. The van der Waals surface area contributed by atoms with Crippen molar-refractivity contribution in [2.45, 2.75) is 13.3 Å². The number of nitrogens with two attached hydrogens (primary N) is 1. The molecule has 0 saturated carbocycles. The molecule has 98 valence electrons. The smallest absolute Gasteiger partial charge is 0.259 e. The molecule has 0 aliphatic carbocycles. The lowest BCUT2D eigenvalue weighted by molar-refractivity contribution is 0.0759. The molecule has 0 aromatic heterocycles. The SMILES string of the molecule is CCN(CCC(N)=S)C(=O)c1c(F)cccc1F. The van der Waals surface area contributed by atoms with Crippen molar-refractivity contribution in [3.8, 4) is 0 Å². The standard InChI is InChI=1S/C12H14F2N2OS/c1-2-16(7-6-10(15)18)12(17)11-8(13)4-3-5-9(11)14/h3-5H,2,6-7H2,1H3,(H2,15,18). The zero-order valence-electron chi connectivity index (χ0n) is 9.95. The fraction of sp³-hybridized carbons (Fsp3) is 0.333. The molecule has 1 amide bonds. The van der Waals surface area contributed by atoms with Gasteiger partial charge in [-0.25, -0.2) is 8.78 Å². The number of halogens is 2. The topological polar surface area (TPSA) is 46.3 Å². The molecule has 0 aliphatic heterocycles. The van der Waals surface area contributed by atoms with Crippen LogP contribution in [0.5, 0.6) is 0 Å². The van der Waals surface area contributed by atoms with Crippen LogP contribution in [-0.4, -0.2) is 28.9 Å². The Labute approximate surface area is 110 Å². The van der Waals surface area contributed by atoms with E-state index in [-0.39, 0.29) is 11.5 Å². The Bertz CT molecular complexity index is 445. The minimum Gasteiger partial charge on any atom is -0.393 e. The van der Waals surface area contributed by atoms with Gasteiger partial charge in [0.05, 0.1) is 4.99 Å². The summed E-state index contributed by atoms with van der Waals surface area (Å²) in [7, 11) is 0. The summed E-state index contributed by atoms with van der Waals surface area (Å²) in [5.74, 6) is -2.42. The summed E-state index contributed by atoms with van der Waals surface area (Å²) in [6.07, 6.45) is 0.324. The van der Waals surface area contributed by atoms with Crippen molar-refractivity contribution in [2.75, 3.05) is 13.1 Å². The number of amides is 1. The van der Waals surface area contributed by atoms with Crippen molar-refractivity contribution < 1.29 is 13.6 Å². The quantitative estimate of drug-likeness (QED) is 0.835. The normalized spacial score (nSPS) is 10.2. The van der Waals surface area contributed by atoms with Gasteiger partial charge in [0, 0.05) is 19.5 Å². The molecule has 0 radical (unpaired) electrons. The van der Waals surface area contributed by atoms with Gasteiger partial charge >= 0.3 is 0 Å². The van der Waals surface area contributed by atoms with Gasteiger partial charge in [0.25, 0.3) is 5.91 Å². The second kappa shape index (κ2) is 6.39. The van der Waals surface area contributed by atoms with Gasteiger partial charge in [-0.1, -0.05) is 18.3 Å². The largest absolute Gasteiger partial charge is 0.393 e. The van der Waals surface area contributed by atoms with Crippen molar-refractivity contribution in [1.29, 1.82) is 0 Å². The van der Waals surface area contributed by atoms with E-state index < -0.39 is 23.1 Å². The van der Waals surface area contributed by atoms with Gasteiger partial charge < -0.3 is 10.6 Å². The first-order valence-corrected chi connectivity index (χ1v) is 5.89. The van der Waals surface area contributed by atoms with E-state index in [1.165, 1.54) is 11.0 Å². The van der Waals surface area contributed by atoms with Gasteiger partial charge in [-0.05, 0) is 19.1 Å². The maximum Gasteiger partial charge on any atom is 0.259 e. The minimum atomic E-state index is -0.867. The Morgan fingerprint density at radius 2 is 1.94 bits per heavy atom. The summed E-state index contributed by atoms with van der Waals surface area (Å²) in [6, 6.07) is 3.32. The molecular weight excluding hydrogens is 258 g/mol. The third kappa shape index (κ3) is 3.46. The maximum atomic E-state index is 13.5. The third-order valence-corrected chi connectivity index (χ3v) is 2.68. The summed E-state index contributed by atoms with van der Waals surface area (Å²) in [4.78, 5) is 13.6. The van der Waals surface area contributed by atoms with Gasteiger partial charge in [0.1, 0.15) is 17.2 Å². The molecule has 0 fully saturated rings. The van der Waals surface area contributed by atoms with Gasteiger partial charge in [-0.3, -0.25) is 4.79 Å². The summed E-state index contributed by atoms with van der Waals surface area (Å²) in [6.45, 7) is 2.30. The molecule has 1 aromatic rings. The predicted octanol–water partition coefficient (Wildman–Crippen LogP) is 2.10.